The van der Waals surface area contributed by atoms with Crippen LogP contribution >= 0.6 is 0 Å². The van der Waals surface area contributed by atoms with E-state index in [2.05, 4.69) is 5.32 Å². The molecule has 2 aromatic rings. The van der Waals surface area contributed by atoms with Gasteiger partial charge in [-0.1, -0.05) is 24.3 Å². The Bertz CT molecular complexity index is 1240. The van der Waals surface area contributed by atoms with Crippen molar-refractivity contribution in [2.75, 3.05) is 26.3 Å². The number of fused-ring (bicyclic) bond motifs is 1. The maximum absolute atomic E-state index is 14.1. The monoisotopic (exact) mass is 446 g/mol. The molecule has 31 heavy (non-hydrogen) atoms. The normalized spacial score (nSPS) is 17.0. The van der Waals surface area contributed by atoms with Gasteiger partial charge in [0.1, 0.15) is 0 Å². The van der Waals surface area contributed by atoms with Gasteiger partial charge in [0, 0.05) is 30.4 Å². The number of carbonyl (C=O) groups excluding carboxylic acids is 1. The zero-order valence-electron chi connectivity index (χ0n) is 17.1. The molecule has 1 N–H and O–H groups in total. The number of sulfonamides is 1. The molecule has 1 aromatic carbocycles. The van der Waals surface area contributed by atoms with Gasteiger partial charge in [-0.3, -0.25) is 4.79 Å². The SMILES string of the molecule is Cc1c(C(=O)NCc2ccc(S(=O)(=O)N3CCOCC3)cc2)oc2c1=CCC=CC=2F. The predicted molar refractivity (Wildman–Crippen MR) is 113 cm³/mol. The zero-order valence-corrected chi connectivity index (χ0v) is 17.9. The fourth-order valence-electron chi connectivity index (χ4n) is 3.58. The lowest BCUT2D eigenvalue weighted by Crippen LogP contribution is -2.40. The standard InChI is InChI=1S/C22H23FN2O5S/c1-15-18-4-2-3-5-19(23)21(18)30-20(15)22(26)24-14-16-6-8-17(9-7-16)31(27,28)25-10-12-29-13-11-25/h3-9H,2,10-14H2,1H3,(H,24,26). The zero-order chi connectivity index (χ0) is 22.0. The van der Waals surface area contributed by atoms with Gasteiger partial charge in [0.25, 0.3) is 5.91 Å². The van der Waals surface area contributed by atoms with E-state index < -0.39 is 21.8 Å². The highest BCUT2D eigenvalue weighted by molar-refractivity contribution is 7.89. The number of nitrogens with zero attached hydrogens (tertiary/aromatic N) is 1. The molecule has 0 unspecified atom stereocenters. The summed E-state index contributed by atoms with van der Waals surface area (Å²) < 4.78 is 51.6. The lowest BCUT2D eigenvalue weighted by Gasteiger charge is -2.26. The van der Waals surface area contributed by atoms with Gasteiger partial charge in [0.2, 0.25) is 10.0 Å². The first-order valence-corrected chi connectivity index (χ1v) is 11.4. The van der Waals surface area contributed by atoms with Gasteiger partial charge in [-0.2, -0.15) is 4.31 Å². The van der Waals surface area contributed by atoms with E-state index in [1.807, 2.05) is 6.08 Å². The number of amides is 1. The summed E-state index contributed by atoms with van der Waals surface area (Å²) in [6.45, 7) is 3.33. The molecule has 1 aliphatic carbocycles. The molecule has 4 rings (SSSR count). The summed E-state index contributed by atoms with van der Waals surface area (Å²) in [5.41, 5.74) is 1.37. The summed E-state index contributed by atoms with van der Waals surface area (Å²) in [6, 6.07) is 6.37. The molecule has 0 bridgehead atoms. The van der Waals surface area contributed by atoms with Gasteiger partial charge in [-0.25, -0.2) is 12.8 Å². The molecule has 0 atom stereocenters. The van der Waals surface area contributed by atoms with Gasteiger partial charge < -0.3 is 14.5 Å². The molecule has 0 spiro atoms. The van der Waals surface area contributed by atoms with Crippen LogP contribution < -0.4 is 16.0 Å². The number of morpholine rings is 1. The number of hydrogen-bond donors (Lipinski definition) is 1. The minimum absolute atomic E-state index is 0.0640. The van der Waals surface area contributed by atoms with E-state index in [0.717, 1.165) is 5.56 Å². The average Bonchev–Trinajstić information content (AvgIpc) is 3.00. The molecule has 1 saturated heterocycles. The van der Waals surface area contributed by atoms with Gasteiger partial charge in [0.05, 0.1) is 18.1 Å². The smallest absolute Gasteiger partial charge is 0.287 e. The van der Waals surface area contributed by atoms with E-state index >= 15 is 0 Å². The summed E-state index contributed by atoms with van der Waals surface area (Å²) in [5, 5.41) is 3.33. The van der Waals surface area contributed by atoms with Gasteiger partial charge in [0.15, 0.2) is 17.0 Å². The van der Waals surface area contributed by atoms with Crippen LogP contribution in [0.1, 0.15) is 28.1 Å². The van der Waals surface area contributed by atoms with E-state index in [4.69, 9.17) is 9.15 Å². The van der Waals surface area contributed by atoms with Crippen molar-refractivity contribution in [2.24, 2.45) is 0 Å². The third kappa shape index (κ3) is 4.34. The van der Waals surface area contributed by atoms with Crippen LogP contribution in [-0.2, 0) is 21.3 Å². The second kappa shape index (κ2) is 8.78. The van der Waals surface area contributed by atoms with Crippen LogP contribution in [0.15, 0.2) is 45.7 Å². The minimum atomic E-state index is -3.56. The summed E-state index contributed by atoms with van der Waals surface area (Å²) in [7, 11) is -3.56. The highest BCUT2D eigenvalue weighted by Gasteiger charge is 2.26. The first-order chi connectivity index (χ1) is 14.9. The second-order valence-corrected chi connectivity index (χ2v) is 9.27. The van der Waals surface area contributed by atoms with E-state index in [1.165, 1.54) is 22.5 Å². The number of allylic oxidation sites excluding steroid dienone is 2. The number of carbonyl (C=O) groups is 1. The van der Waals surface area contributed by atoms with Crippen molar-refractivity contribution >= 4 is 27.8 Å². The van der Waals surface area contributed by atoms with Crippen LogP contribution in [0.25, 0.3) is 11.9 Å². The molecule has 0 radical (unpaired) electrons. The Labute approximate surface area is 179 Å². The summed E-state index contributed by atoms with van der Waals surface area (Å²) in [6.07, 6.45) is 5.40. The van der Waals surface area contributed by atoms with Crippen molar-refractivity contribution < 1.29 is 26.8 Å². The van der Waals surface area contributed by atoms with Gasteiger partial charge in [-0.05, 0) is 37.1 Å². The van der Waals surface area contributed by atoms with Crippen LogP contribution in [0.5, 0.6) is 0 Å². The Morgan fingerprint density at radius 2 is 1.90 bits per heavy atom. The summed E-state index contributed by atoms with van der Waals surface area (Å²) in [5.74, 6) is -0.901. The van der Waals surface area contributed by atoms with Gasteiger partial charge >= 0.3 is 0 Å². The largest absolute Gasteiger partial charge is 0.448 e. The van der Waals surface area contributed by atoms with Crippen molar-refractivity contribution in [3.8, 4) is 0 Å². The first kappa shape index (κ1) is 21.5. The number of nitrogens with one attached hydrogen (secondary N) is 1. The number of rotatable bonds is 5. The molecular formula is C22H23FN2O5S. The quantitative estimate of drug-likeness (QED) is 0.749. The Balaban J connectivity index is 1.46. The van der Waals surface area contributed by atoms with Crippen molar-refractivity contribution in [3.63, 3.8) is 0 Å². The van der Waals surface area contributed by atoms with Crippen LogP contribution in [0.2, 0.25) is 0 Å². The summed E-state index contributed by atoms with van der Waals surface area (Å²) in [4.78, 5) is 12.8. The molecule has 0 saturated carbocycles. The highest BCUT2D eigenvalue weighted by Crippen LogP contribution is 2.18. The maximum Gasteiger partial charge on any atom is 0.287 e. The molecule has 1 aliphatic heterocycles. The van der Waals surface area contributed by atoms with E-state index in [1.54, 1.807) is 25.1 Å². The number of benzene rings is 1. The topological polar surface area (TPSA) is 88.9 Å². The number of halogens is 1. The highest BCUT2D eigenvalue weighted by atomic mass is 32.2. The lowest BCUT2D eigenvalue weighted by atomic mass is 10.2. The predicted octanol–water partition coefficient (Wildman–Crippen LogP) is 1.36. The van der Waals surface area contributed by atoms with E-state index in [0.29, 0.717) is 43.5 Å². The van der Waals surface area contributed by atoms with Crippen LogP contribution in [0.4, 0.5) is 4.39 Å². The molecular weight excluding hydrogens is 423 g/mol. The molecule has 164 valence electrons. The number of furan rings is 1. The van der Waals surface area contributed by atoms with Crippen molar-refractivity contribution in [2.45, 2.75) is 24.8 Å². The number of ether oxygens (including phenoxy) is 1. The Kier molecular flexibility index (Phi) is 6.08. The Morgan fingerprint density at radius 3 is 2.61 bits per heavy atom. The second-order valence-electron chi connectivity index (χ2n) is 7.33. The van der Waals surface area contributed by atoms with Crippen LogP contribution in [0.3, 0.4) is 0 Å². The van der Waals surface area contributed by atoms with E-state index in [-0.39, 0.29) is 22.6 Å². The number of hydrogen-bond acceptors (Lipinski definition) is 5. The molecule has 9 heteroatoms. The molecule has 1 fully saturated rings. The Hall–Kier alpha value is -2.75. The Morgan fingerprint density at radius 1 is 1.19 bits per heavy atom. The average molecular weight is 447 g/mol. The lowest BCUT2D eigenvalue weighted by molar-refractivity contribution is 0.0730. The molecule has 1 aromatic heterocycles. The van der Waals surface area contributed by atoms with E-state index in [9.17, 15) is 17.6 Å². The van der Waals surface area contributed by atoms with Crippen LogP contribution in [-0.4, -0.2) is 44.9 Å². The minimum Gasteiger partial charge on any atom is -0.448 e. The fraction of sp³-hybridized carbons (Fsp3) is 0.318. The van der Waals surface area contributed by atoms with Crippen molar-refractivity contribution in [3.05, 3.63) is 63.9 Å². The van der Waals surface area contributed by atoms with Gasteiger partial charge in [-0.15, -0.1) is 0 Å². The fourth-order valence-corrected chi connectivity index (χ4v) is 4.98. The van der Waals surface area contributed by atoms with Crippen LogP contribution in [0, 0.1) is 6.92 Å². The summed E-state index contributed by atoms with van der Waals surface area (Å²) >= 11 is 0. The molecule has 2 aliphatic rings. The third-order valence-electron chi connectivity index (χ3n) is 5.32. The molecule has 7 nitrogen and oxygen atoms in total. The van der Waals surface area contributed by atoms with Crippen molar-refractivity contribution in [1.82, 2.24) is 9.62 Å². The third-order valence-corrected chi connectivity index (χ3v) is 7.24. The first-order valence-electron chi connectivity index (χ1n) is 9.99. The van der Waals surface area contributed by atoms with Crippen molar-refractivity contribution in [1.29, 1.82) is 0 Å². The maximum atomic E-state index is 14.1. The molecule has 1 amide bonds. The molecule has 2 heterocycles.